The van der Waals surface area contributed by atoms with Crippen LogP contribution in [0.4, 0.5) is 0 Å². The first-order valence-electron chi connectivity index (χ1n) is 5.38. The molecule has 3 heteroatoms. The topological polar surface area (TPSA) is 27.6 Å². The lowest BCUT2D eigenvalue weighted by Gasteiger charge is -2.20. The van der Waals surface area contributed by atoms with E-state index in [2.05, 4.69) is 35.7 Å². The molecular formula is C13H13N3. The van der Waals surface area contributed by atoms with Crippen LogP contribution in [0, 0.1) is 0 Å². The van der Waals surface area contributed by atoms with Crippen molar-refractivity contribution in [2.45, 2.75) is 6.92 Å². The minimum absolute atomic E-state index is 0.880. The molecule has 0 spiro atoms. The Morgan fingerprint density at radius 2 is 2.06 bits per heavy atom. The van der Waals surface area contributed by atoms with Crippen molar-refractivity contribution in [2.75, 3.05) is 6.54 Å². The predicted octanol–water partition coefficient (Wildman–Crippen LogP) is 2.16. The second-order valence-electron chi connectivity index (χ2n) is 4.02. The molecule has 2 aliphatic rings. The van der Waals surface area contributed by atoms with E-state index in [0.717, 1.165) is 17.9 Å². The summed E-state index contributed by atoms with van der Waals surface area (Å²) < 4.78 is 0. The van der Waals surface area contributed by atoms with Crippen molar-refractivity contribution in [1.29, 1.82) is 0 Å². The molecule has 0 saturated carbocycles. The zero-order chi connectivity index (χ0) is 11.0. The van der Waals surface area contributed by atoms with Gasteiger partial charge in [0.05, 0.1) is 0 Å². The number of allylic oxidation sites excluding steroid dienone is 1. The molecule has 80 valence electrons. The molecule has 0 unspecified atom stereocenters. The third-order valence-electron chi connectivity index (χ3n) is 2.83. The minimum Gasteiger partial charge on any atom is -0.266 e. The van der Waals surface area contributed by atoms with E-state index in [1.807, 2.05) is 29.4 Å². The second kappa shape index (κ2) is 3.61. The number of fused-ring (bicyclic) bond motifs is 1. The lowest BCUT2D eigenvalue weighted by Crippen LogP contribution is -2.28. The normalized spacial score (nSPS) is 18.8. The summed E-state index contributed by atoms with van der Waals surface area (Å²) in [5, 5.41) is 2.00. The van der Waals surface area contributed by atoms with Gasteiger partial charge in [0.15, 0.2) is 0 Å². The van der Waals surface area contributed by atoms with Crippen LogP contribution in [-0.2, 0) is 0 Å². The average molecular weight is 211 g/mol. The lowest BCUT2D eigenvalue weighted by molar-refractivity contribution is 0.385. The fourth-order valence-electron chi connectivity index (χ4n) is 1.93. The second-order valence-corrected chi connectivity index (χ2v) is 4.02. The zero-order valence-corrected chi connectivity index (χ0v) is 9.14. The molecular weight excluding hydrogens is 198 g/mol. The van der Waals surface area contributed by atoms with Gasteiger partial charge in [-0.2, -0.15) is 0 Å². The Kier molecular flexibility index (Phi) is 2.11. The first-order chi connectivity index (χ1) is 7.84. The van der Waals surface area contributed by atoms with Crippen molar-refractivity contribution in [3.05, 3.63) is 53.5 Å². The summed E-state index contributed by atoms with van der Waals surface area (Å²) in [6.07, 6.45) is 4.02. The molecule has 1 N–H and O–H groups in total. The smallest absolute Gasteiger partial charge is 0.147 e. The maximum Gasteiger partial charge on any atom is 0.147 e. The monoisotopic (exact) mass is 211 g/mol. The fourth-order valence-corrected chi connectivity index (χ4v) is 1.93. The number of benzene rings is 1. The number of rotatable bonds is 1. The summed E-state index contributed by atoms with van der Waals surface area (Å²) in [6, 6.07) is 10.3. The molecule has 16 heavy (non-hydrogen) atoms. The van der Waals surface area contributed by atoms with Gasteiger partial charge in [-0.1, -0.05) is 30.3 Å². The summed E-state index contributed by atoms with van der Waals surface area (Å²) >= 11 is 0. The van der Waals surface area contributed by atoms with Gasteiger partial charge in [-0.3, -0.25) is 5.01 Å². The van der Waals surface area contributed by atoms with Crippen molar-refractivity contribution in [1.82, 2.24) is 10.4 Å². The highest BCUT2D eigenvalue weighted by molar-refractivity contribution is 6.10. The number of hydrogen-bond donors (Lipinski definition) is 1. The van der Waals surface area contributed by atoms with E-state index in [4.69, 9.17) is 0 Å². The third-order valence-corrected chi connectivity index (χ3v) is 2.83. The standard InChI is InChI=1S/C13H13N3/c1-10-7-15-16-9-12(8-14-13(10)16)11-5-3-2-4-6-11/h2-6,8-9,15H,7H2,1H3. The van der Waals surface area contributed by atoms with Gasteiger partial charge < -0.3 is 0 Å². The minimum atomic E-state index is 0.880. The van der Waals surface area contributed by atoms with E-state index >= 15 is 0 Å². The van der Waals surface area contributed by atoms with Gasteiger partial charge in [0.1, 0.15) is 5.82 Å². The largest absolute Gasteiger partial charge is 0.266 e. The van der Waals surface area contributed by atoms with Crippen LogP contribution in [0.1, 0.15) is 12.5 Å². The number of nitrogens with zero attached hydrogens (tertiary/aromatic N) is 2. The van der Waals surface area contributed by atoms with Gasteiger partial charge in [0.2, 0.25) is 0 Å². The summed E-state index contributed by atoms with van der Waals surface area (Å²) in [5.74, 6) is 1.03. The molecule has 1 aromatic rings. The highest BCUT2D eigenvalue weighted by Crippen LogP contribution is 2.24. The Morgan fingerprint density at radius 3 is 2.88 bits per heavy atom. The van der Waals surface area contributed by atoms with Gasteiger partial charge in [-0.15, -0.1) is 0 Å². The number of nitrogens with one attached hydrogen (secondary N) is 1. The van der Waals surface area contributed by atoms with Crippen LogP contribution < -0.4 is 5.43 Å². The number of hydrogen-bond acceptors (Lipinski definition) is 3. The zero-order valence-electron chi connectivity index (χ0n) is 9.14. The maximum atomic E-state index is 4.48. The lowest BCUT2D eigenvalue weighted by atomic mass is 10.1. The first-order valence-corrected chi connectivity index (χ1v) is 5.38. The third kappa shape index (κ3) is 1.46. The molecule has 2 aliphatic heterocycles. The Labute approximate surface area is 94.8 Å². The summed E-state index contributed by atoms with van der Waals surface area (Å²) in [4.78, 5) is 4.48. The highest BCUT2D eigenvalue weighted by Gasteiger charge is 2.20. The summed E-state index contributed by atoms with van der Waals surface area (Å²) in [6.45, 7) is 2.98. The predicted molar refractivity (Wildman–Crippen MR) is 65.5 cm³/mol. The average Bonchev–Trinajstić information content (AvgIpc) is 2.72. The fraction of sp³-hybridized carbons (Fsp3) is 0.154. The van der Waals surface area contributed by atoms with Crippen LogP contribution in [0.2, 0.25) is 0 Å². The van der Waals surface area contributed by atoms with Gasteiger partial charge in [0, 0.05) is 24.5 Å². The van der Waals surface area contributed by atoms with Crippen molar-refractivity contribution >= 4 is 11.8 Å². The molecule has 0 atom stereocenters. The van der Waals surface area contributed by atoms with Crippen LogP contribution in [0.15, 0.2) is 52.9 Å². The van der Waals surface area contributed by atoms with Crippen LogP contribution in [0.3, 0.4) is 0 Å². The molecule has 3 nitrogen and oxygen atoms in total. The van der Waals surface area contributed by atoms with Crippen molar-refractivity contribution in [2.24, 2.45) is 4.99 Å². The first kappa shape index (κ1) is 9.36. The van der Waals surface area contributed by atoms with E-state index < -0.39 is 0 Å². The van der Waals surface area contributed by atoms with Crippen molar-refractivity contribution in [3.8, 4) is 0 Å². The van der Waals surface area contributed by atoms with Gasteiger partial charge in [0.25, 0.3) is 0 Å². The van der Waals surface area contributed by atoms with Crippen molar-refractivity contribution < 1.29 is 0 Å². The van der Waals surface area contributed by atoms with Crippen LogP contribution in [0.5, 0.6) is 0 Å². The molecule has 0 fully saturated rings. The van der Waals surface area contributed by atoms with Gasteiger partial charge >= 0.3 is 0 Å². The Bertz CT molecular complexity index is 497. The highest BCUT2D eigenvalue weighted by atomic mass is 15.5. The van der Waals surface area contributed by atoms with E-state index in [9.17, 15) is 0 Å². The maximum absolute atomic E-state index is 4.48. The molecule has 0 bridgehead atoms. The molecule has 0 saturated heterocycles. The quantitative estimate of drug-likeness (QED) is 0.771. The summed E-state index contributed by atoms with van der Waals surface area (Å²) in [7, 11) is 0. The van der Waals surface area contributed by atoms with Crippen LogP contribution >= 0.6 is 0 Å². The van der Waals surface area contributed by atoms with Crippen LogP contribution in [0.25, 0.3) is 5.57 Å². The Hall–Kier alpha value is -1.87. The van der Waals surface area contributed by atoms with Crippen LogP contribution in [-0.4, -0.2) is 17.8 Å². The van der Waals surface area contributed by atoms with E-state index in [1.165, 1.54) is 11.1 Å². The van der Waals surface area contributed by atoms with E-state index in [-0.39, 0.29) is 0 Å². The number of aliphatic imine (C=N–C) groups is 1. The summed E-state index contributed by atoms with van der Waals surface area (Å²) in [5.41, 5.74) is 6.88. The molecule has 0 aliphatic carbocycles. The molecule has 0 radical (unpaired) electrons. The molecule has 1 aromatic carbocycles. The molecule has 0 amide bonds. The SMILES string of the molecule is CC1=C2N=CC(c3ccccc3)=CN2NC1. The van der Waals surface area contributed by atoms with E-state index in [0.29, 0.717) is 0 Å². The molecule has 3 rings (SSSR count). The molecule has 0 aromatic heterocycles. The Morgan fingerprint density at radius 1 is 1.25 bits per heavy atom. The van der Waals surface area contributed by atoms with Crippen molar-refractivity contribution in [3.63, 3.8) is 0 Å². The van der Waals surface area contributed by atoms with Gasteiger partial charge in [-0.05, 0) is 18.1 Å². The Balaban J connectivity index is 1.97. The van der Waals surface area contributed by atoms with Gasteiger partial charge in [-0.25, -0.2) is 10.4 Å². The molecule has 2 heterocycles. The number of hydrazine groups is 1. The van der Waals surface area contributed by atoms with E-state index in [1.54, 1.807) is 0 Å².